The van der Waals surface area contributed by atoms with Gasteiger partial charge in [0.2, 0.25) is 0 Å². The zero-order chi connectivity index (χ0) is 13.9. The standard InChI is InChI=1S/C17H21FN2/c1-2-19-17(14-5-6-14)15-9-10-20(12-15)11-13-3-7-16(18)8-4-13/h3-4,7-10,12,14,17,19H,2,5-6,11H2,1H3. The molecule has 1 aromatic heterocycles. The van der Waals surface area contributed by atoms with Crippen LogP contribution >= 0.6 is 0 Å². The second-order valence-electron chi connectivity index (χ2n) is 5.62. The molecule has 3 heteroatoms. The van der Waals surface area contributed by atoms with Gasteiger partial charge in [0.05, 0.1) is 0 Å². The van der Waals surface area contributed by atoms with Gasteiger partial charge in [-0.15, -0.1) is 0 Å². The van der Waals surface area contributed by atoms with E-state index in [4.69, 9.17) is 0 Å². The summed E-state index contributed by atoms with van der Waals surface area (Å²) in [4.78, 5) is 0. The molecule has 1 saturated carbocycles. The fourth-order valence-electron chi connectivity index (χ4n) is 2.75. The van der Waals surface area contributed by atoms with Crippen molar-refractivity contribution in [3.63, 3.8) is 0 Å². The Kier molecular flexibility index (Phi) is 3.88. The molecular formula is C17H21FN2. The summed E-state index contributed by atoms with van der Waals surface area (Å²) in [7, 11) is 0. The van der Waals surface area contributed by atoms with Crippen molar-refractivity contribution in [2.24, 2.45) is 5.92 Å². The molecule has 2 aromatic rings. The summed E-state index contributed by atoms with van der Waals surface area (Å²) in [5.41, 5.74) is 2.50. The van der Waals surface area contributed by atoms with E-state index < -0.39 is 0 Å². The van der Waals surface area contributed by atoms with Gasteiger partial charge in [-0.25, -0.2) is 4.39 Å². The molecular weight excluding hydrogens is 251 g/mol. The molecule has 1 aliphatic carbocycles. The largest absolute Gasteiger partial charge is 0.350 e. The third kappa shape index (κ3) is 3.10. The Morgan fingerprint density at radius 2 is 2.00 bits per heavy atom. The maximum atomic E-state index is 12.9. The van der Waals surface area contributed by atoms with Gasteiger partial charge in [-0.05, 0) is 54.6 Å². The van der Waals surface area contributed by atoms with Gasteiger partial charge < -0.3 is 9.88 Å². The highest BCUT2D eigenvalue weighted by Crippen LogP contribution is 2.41. The predicted octanol–water partition coefficient (Wildman–Crippen LogP) is 3.74. The Morgan fingerprint density at radius 1 is 1.25 bits per heavy atom. The van der Waals surface area contributed by atoms with Gasteiger partial charge in [-0.3, -0.25) is 0 Å². The van der Waals surface area contributed by atoms with Crippen LogP contribution in [-0.2, 0) is 6.54 Å². The van der Waals surface area contributed by atoms with Crippen molar-refractivity contribution in [1.82, 2.24) is 9.88 Å². The maximum Gasteiger partial charge on any atom is 0.123 e. The molecule has 1 aliphatic rings. The first-order chi connectivity index (χ1) is 9.76. The van der Waals surface area contributed by atoms with E-state index in [0.29, 0.717) is 6.04 Å². The Morgan fingerprint density at radius 3 is 2.65 bits per heavy atom. The van der Waals surface area contributed by atoms with Crippen molar-refractivity contribution >= 4 is 0 Å². The topological polar surface area (TPSA) is 17.0 Å². The summed E-state index contributed by atoms with van der Waals surface area (Å²) >= 11 is 0. The summed E-state index contributed by atoms with van der Waals surface area (Å²) in [6.07, 6.45) is 7.00. The molecule has 2 nitrogen and oxygen atoms in total. The van der Waals surface area contributed by atoms with E-state index in [9.17, 15) is 4.39 Å². The summed E-state index contributed by atoms with van der Waals surface area (Å²) < 4.78 is 15.1. The lowest BCUT2D eigenvalue weighted by molar-refractivity contribution is 0.495. The molecule has 0 spiro atoms. The zero-order valence-electron chi connectivity index (χ0n) is 11.8. The minimum absolute atomic E-state index is 0.178. The quantitative estimate of drug-likeness (QED) is 0.847. The molecule has 0 amide bonds. The number of rotatable bonds is 6. The van der Waals surface area contributed by atoms with Crippen LogP contribution in [0, 0.1) is 11.7 Å². The van der Waals surface area contributed by atoms with E-state index in [2.05, 4.69) is 35.3 Å². The zero-order valence-corrected chi connectivity index (χ0v) is 11.8. The number of halogens is 1. The molecule has 0 bridgehead atoms. The molecule has 1 atom stereocenters. The first kappa shape index (κ1) is 13.4. The summed E-state index contributed by atoms with van der Waals surface area (Å²) in [6.45, 7) is 3.96. The molecule has 0 radical (unpaired) electrons. The average molecular weight is 272 g/mol. The number of nitrogens with zero attached hydrogens (tertiary/aromatic N) is 1. The van der Waals surface area contributed by atoms with E-state index >= 15 is 0 Å². The Bertz CT molecular complexity index is 555. The Hall–Kier alpha value is -1.61. The molecule has 1 aromatic carbocycles. The minimum Gasteiger partial charge on any atom is -0.350 e. The van der Waals surface area contributed by atoms with Crippen LogP contribution in [0.4, 0.5) is 4.39 Å². The highest BCUT2D eigenvalue weighted by atomic mass is 19.1. The van der Waals surface area contributed by atoms with Gasteiger partial charge in [0, 0.05) is 25.0 Å². The number of nitrogens with one attached hydrogen (secondary N) is 1. The predicted molar refractivity (Wildman–Crippen MR) is 79.1 cm³/mol. The number of hydrogen-bond donors (Lipinski definition) is 1. The SMILES string of the molecule is CCNC(c1ccn(Cc2ccc(F)cc2)c1)C1CC1. The van der Waals surface area contributed by atoms with E-state index in [1.165, 1.54) is 30.5 Å². The molecule has 0 aliphatic heterocycles. The summed E-state index contributed by atoms with van der Waals surface area (Å²) in [5, 5.41) is 3.58. The van der Waals surface area contributed by atoms with E-state index in [-0.39, 0.29) is 5.82 Å². The third-order valence-corrected chi connectivity index (χ3v) is 3.93. The lowest BCUT2D eigenvalue weighted by Crippen LogP contribution is -2.22. The second kappa shape index (κ2) is 5.80. The fourth-order valence-corrected chi connectivity index (χ4v) is 2.75. The van der Waals surface area contributed by atoms with Gasteiger partial charge in [0.15, 0.2) is 0 Å². The van der Waals surface area contributed by atoms with E-state index in [0.717, 1.165) is 24.6 Å². The van der Waals surface area contributed by atoms with Crippen molar-refractivity contribution in [2.75, 3.05) is 6.54 Å². The van der Waals surface area contributed by atoms with E-state index in [1.807, 2.05) is 12.1 Å². The average Bonchev–Trinajstić information content (AvgIpc) is 3.19. The molecule has 20 heavy (non-hydrogen) atoms. The van der Waals surface area contributed by atoms with Crippen molar-refractivity contribution in [1.29, 1.82) is 0 Å². The third-order valence-electron chi connectivity index (χ3n) is 3.93. The minimum atomic E-state index is -0.178. The van der Waals surface area contributed by atoms with E-state index in [1.54, 1.807) is 0 Å². The Balaban J connectivity index is 1.70. The highest BCUT2D eigenvalue weighted by Gasteiger charge is 2.31. The van der Waals surface area contributed by atoms with Crippen LogP contribution in [0.5, 0.6) is 0 Å². The van der Waals surface area contributed by atoms with Crippen LogP contribution in [0.3, 0.4) is 0 Å². The van der Waals surface area contributed by atoms with Gasteiger partial charge >= 0.3 is 0 Å². The fraction of sp³-hybridized carbons (Fsp3) is 0.412. The summed E-state index contributed by atoms with van der Waals surface area (Å²) in [6, 6.07) is 9.43. The molecule has 1 unspecified atom stereocenters. The second-order valence-corrected chi connectivity index (χ2v) is 5.62. The molecule has 1 heterocycles. The number of benzene rings is 1. The van der Waals surface area contributed by atoms with Crippen molar-refractivity contribution < 1.29 is 4.39 Å². The van der Waals surface area contributed by atoms with Crippen LogP contribution in [0.1, 0.15) is 36.9 Å². The molecule has 3 rings (SSSR count). The molecule has 1 fully saturated rings. The van der Waals surface area contributed by atoms with Crippen LogP contribution in [0.15, 0.2) is 42.7 Å². The highest BCUT2D eigenvalue weighted by molar-refractivity contribution is 5.21. The maximum absolute atomic E-state index is 12.9. The van der Waals surface area contributed by atoms with Crippen LogP contribution < -0.4 is 5.32 Å². The number of hydrogen-bond acceptors (Lipinski definition) is 1. The van der Waals surface area contributed by atoms with Gasteiger partial charge in [0.1, 0.15) is 5.82 Å². The molecule has 0 saturated heterocycles. The van der Waals surface area contributed by atoms with Crippen LogP contribution in [0.25, 0.3) is 0 Å². The molecule has 1 N–H and O–H groups in total. The van der Waals surface area contributed by atoms with Gasteiger partial charge in [-0.2, -0.15) is 0 Å². The first-order valence-corrected chi connectivity index (χ1v) is 7.40. The molecule has 106 valence electrons. The normalized spacial score (nSPS) is 16.3. The summed E-state index contributed by atoms with van der Waals surface area (Å²) in [5.74, 6) is 0.625. The first-order valence-electron chi connectivity index (χ1n) is 7.40. The van der Waals surface area contributed by atoms with Gasteiger partial charge in [-0.1, -0.05) is 19.1 Å². The monoisotopic (exact) mass is 272 g/mol. The van der Waals surface area contributed by atoms with Crippen molar-refractivity contribution in [3.8, 4) is 0 Å². The van der Waals surface area contributed by atoms with Crippen molar-refractivity contribution in [2.45, 2.75) is 32.4 Å². The lowest BCUT2D eigenvalue weighted by Gasteiger charge is -2.15. The van der Waals surface area contributed by atoms with Crippen LogP contribution in [0.2, 0.25) is 0 Å². The smallest absolute Gasteiger partial charge is 0.123 e. The number of aromatic nitrogens is 1. The Labute approximate surface area is 119 Å². The lowest BCUT2D eigenvalue weighted by atomic mass is 10.1. The van der Waals surface area contributed by atoms with Crippen LogP contribution in [-0.4, -0.2) is 11.1 Å². The van der Waals surface area contributed by atoms with Crippen molar-refractivity contribution in [3.05, 3.63) is 59.7 Å². The van der Waals surface area contributed by atoms with Gasteiger partial charge in [0.25, 0.3) is 0 Å².